The average Bonchev–Trinajstić information content (AvgIpc) is 3.31. The highest BCUT2D eigenvalue weighted by Crippen LogP contribution is 2.37. The summed E-state index contributed by atoms with van der Waals surface area (Å²) in [5, 5.41) is 5.68. The van der Waals surface area contributed by atoms with Gasteiger partial charge in [-0.2, -0.15) is 5.10 Å². The van der Waals surface area contributed by atoms with Gasteiger partial charge in [0, 0.05) is 70.7 Å². The number of anilines is 2. The number of hydrogen-bond acceptors (Lipinski definition) is 8. The van der Waals surface area contributed by atoms with Crippen LogP contribution in [0.25, 0.3) is 10.9 Å². The van der Waals surface area contributed by atoms with E-state index in [1.807, 2.05) is 68.9 Å². The molecule has 3 fully saturated rings. The number of amides is 4. The number of hydrogen-bond donors (Lipinski definition) is 0. The Bertz CT molecular complexity index is 1550. The summed E-state index contributed by atoms with van der Waals surface area (Å²) in [6.07, 6.45) is -0.0132. The van der Waals surface area contributed by atoms with Gasteiger partial charge >= 0.3 is 12.1 Å². The first-order valence-corrected chi connectivity index (χ1v) is 15.2. The van der Waals surface area contributed by atoms with E-state index in [1.54, 1.807) is 16.9 Å². The van der Waals surface area contributed by atoms with Crippen molar-refractivity contribution >= 4 is 40.4 Å². The Balaban J connectivity index is 1.13. The Hall–Kier alpha value is -4.32. The second-order valence-corrected chi connectivity index (χ2v) is 12.7. The number of carbonyl (C=O) groups excluding carboxylic acids is 3. The van der Waals surface area contributed by atoms with Gasteiger partial charge in [0.1, 0.15) is 11.4 Å². The molecule has 44 heavy (non-hydrogen) atoms. The summed E-state index contributed by atoms with van der Waals surface area (Å²) in [6.45, 7) is 10.9. The first kappa shape index (κ1) is 29.7. The molecule has 3 aliphatic heterocycles. The van der Waals surface area contributed by atoms with E-state index in [9.17, 15) is 14.4 Å². The molecular weight excluding hydrogens is 562 g/mol. The Morgan fingerprint density at radius 1 is 0.977 bits per heavy atom. The summed E-state index contributed by atoms with van der Waals surface area (Å²) in [4.78, 5) is 48.5. The number of piperazine rings is 1. The summed E-state index contributed by atoms with van der Waals surface area (Å²) in [5.41, 5.74) is 2.39. The van der Waals surface area contributed by atoms with Crippen LogP contribution in [0.15, 0.2) is 42.5 Å². The van der Waals surface area contributed by atoms with Crippen molar-refractivity contribution in [2.24, 2.45) is 7.05 Å². The summed E-state index contributed by atoms with van der Waals surface area (Å²) >= 11 is 0. The van der Waals surface area contributed by atoms with Crippen molar-refractivity contribution < 1.29 is 23.9 Å². The van der Waals surface area contributed by atoms with E-state index in [4.69, 9.17) is 14.6 Å². The molecule has 1 aromatic heterocycles. The smallest absolute Gasteiger partial charge is 0.410 e. The molecule has 0 saturated carbocycles. The molecule has 4 amide bonds. The molecule has 0 aliphatic carbocycles. The van der Waals surface area contributed by atoms with Gasteiger partial charge in [-0.25, -0.2) is 9.59 Å². The first-order chi connectivity index (χ1) is 21.0. The third-order valence-electron chi connectivity index (χ3n) is 8.58. The summed E-state index contributed by atoms with van der Waals surface area (Å²) in [7, 11) is 3.50. The summed E-state index contributed by atoms with van der Waals surface area (Å²) < 4.78 is 12.6. The lowest BCUT2D eigenvalue weighted by Gasteiger charge is -2.49. The Morgan fingerprint density at radius 3 is 2.34 bits per heavy atom. The molecule has 3 saturated heterocycles. The average molecular weight is 604 g/mol. The molecule has 0 bridgehead atoms. The van der Waals surface area contributed by atoms with E-state index in [0.717, 1.165) is 54.1 Å². The lowest BCUT2D eigenvalue weighted by molar-refractivity contribution is -0.129. The van der Waals surface area contributed by atoms with E-state index in [2.05, 4.69) is 15.9 Å². The molecule has 0 atom stereocenters. The molecule has 12 heteroatoms. The van der Waals surface area contributed by atoms with Gasteiger partial charge in [0.05, 0.1) is 24.9 Å². The number of urea groups is 1. The molecule has 3 aliphatic rings. The minimum absolute atomic E-state index is 0.190. The topological polar surface area (TPSA) is 104 Å². The highest BCUT2D eigenvalue weighted by molar-refractivity contribution is 6.10. The number of methoxy groups -OCH3 is 1. The van der Waals surface area contributed by atoms with Crippen LogP contribution in [0, 0.1) is 0 Å². The molecule has 234 valence electrons. The predicted octanol–water partition coefficient (Wildman–Crippen LogP) is 3.68. The van der Waals surface area contributed by atoms with Crippen molar-refractivity contribution in [3.8, 4) is 5.75 Å². The van der Waals surface area contributed by atoms with Crippen molar-refractivity contribution in [3.63, 3.8) is 0 Å². The van der Waals surface area contributed by atoms with Crippen molar-refractivity contribution in [1.82, 2.24) is 24.5 Å². The highest BCUT2D eigenvalue weighted by Gasteiger charge is 2.38. The summed E-state index contributed by atoms with van der Waals surface area (Å²) in [6, 6.07) is 13.5. The van der Waals surface area contributed by atoms with E-state index >= 15 is 0 Å². The van der Waals surface area contributed by atoms with Crippen LogP contribution in [0.1, 0.15) is 32.8 Å². The maximum atomic E-state index is 13.7. The molecule has 0 spiro atoms. The van der Waals surface area contributed by atoms with E-state index < -0.39 is 5.60 Å². The number of aryl methyl sites for hydroxylation is 1. The zero-order valence-electron chi connectivity index (χ0n) is 26.2. The zero-order chi connectivity index (χ0) is 31.2. The van der Waals surface area contributed by atoms with Gasteiger partial charge in [-0.05, 0) is 50.6 Å². The van der Waals surface area contributed by atoms with Gasteiger partial charge in [0.25, 0.3) is 0 Å². The van der Waals surface area contributed by atoms with Crippen molar-refractivity contribution in [2.45, 2.75) is 45.4 Å². The predicted molar refractivity (Wildman–Crippen MR) is 167 cm³/mol. The fraction of sp³-hybridized carbons (Fsp3) is 0.500. The van der Waals surface area contributed by atoms with Crippen LogP contribution >= 0.6 is 0 Å². The van der Waals surface area contributed by atoms with Gasteiger partial charge in [0.2, 0.25) is 5.91 Å². The molecule has 3 aromatic rings. The second-order valence-electron chi connectivity index (χ2n) is 12.7. The van der Waals surface area contributed by atoms with Crippen LogP contribution in [0.5, 0.6) is 5.75 Å². The monoisotopic (exact) mass is 603 g/mol. The standard InChI is InChI=1S/C32H41N7O5/c1-32(2,3)44-31(42)36-17-15-35(16-18-36)23-20-37(21-23)26-8-6-7-25-28(26)34(4)33-29(25)38-14-13-27(40)39(30(38)41)19-22-9-11-24(43-5)12-10-22/h6-12,23H,13-21H2,1-5H3. The third kappa shape index (κ3) is 5.78. The molecule has 0 radical (unpaired) electrons. The number of carbonyl (C=O) groups is 3. The number of ether oxygens (including phenoxy) is 2. The van der Waals surface area contributed by atoms with Gasteiger partial charge in [0.15, 0.2) is 5.82 Å². The van der Waals surface area contributed by atoms with Gasteiger partial charge in [-0.3, -0.25) is 24.2 Å². The molecule has 6 rings (SSSR count). The van der Waals surface area contributed by atoms with Crippen LogP contribution in [0.2, 0.25) is 0 Å². The van der Waals surface area contributed by atoms with Crippen LogP contribution in [-0.4, -0.2) is 107 Å². The van der Waals surface area contributed by atoms with Crippen molar-refractivity contribution in [2.75, 3.05) is 62.7 Å². The van der Waals surface area contributed by atoms with Gasteiger partial charge in [-0.1, -0.05) is 18.2 Å². The number of rotatable bonds is 6. The minimum Gasteiger partial charge on any atom is -0.497 e. The number of imide groups is 1. The lowest BCUT2D eigenvalue weighted by atomic mass is 10.0. The Kier molecular flexibility index (Phi) is 7.87. The normalized spacial score (nSPS) is 18.7. The number of benzene rings is 2. The molecule has 12 nitrogen and oxygen atoms in total. The number of fused-ring (bicyclic) bond motifs is 1. The first-order valence-electron chi connectivity index (χ1n) is 15.2. The zero-order valence-corrected chi connectivity index (χ0v) is 26.2. The molecule has 0 N–H and O–H groups in total. The molecule has 2 aromatic carbocycles. The molecular formula is C32H41N7O5. The number of aromatic nitrogens is 2. The fourth-order valence-corrected chi connectivity index (χ4v) is 6.19. The van der Waals surface area contributed by atoms with Gasteiger partial charge in [-0.15, -0.1) is 0 Å². The Labute approximate surface area is 257 Å². The minimum atomic E-state index is -0.495. The van der Waals surface area contributed by atoms with Crippen LogP contribution in [0.3, 0.4) is 0 Å². The number of nitrogens with zero attached hydrogens (tertiary/aromatic N) is 7. The van der Waals surface area contributed by atoms with Crippen LogP contribution < -0.4 is 14.5 Å². The van der Waals surface area contributed by atoms with E-state index in [1.165, 1.54) is 4.90 Å². The Morgan fingerprint density at radius 2 is 1.68 bits per heavy atom. The SMILES string of the molecule is COc1ccc(CN2C(=O)CCN(c3nn(C)c4c(N5CC(N6CCN(C(=O)OC(C)(C)C)CC6)C5)cccc34)C2=O)cc1. The lowest BCUT2D eigenvalue weighted by Crippen LogP contribution is -2.63. The largest absolute Gasteiger partial charge is 0.497 e. The van der Waals surface area contributed by atoms with Gasteiger partial charge < -0.3 is 19.3 Å². The maximum absolute atomic E-state index is 13.7. The summed E-state index contributed by atoms with van der Waals surface area (Å²) in [5.74, 6) is 1.09. The molecule has 0 unspecified atom stereocenters. The van der Waals surface area contributed by atoms with Crippen LogP contribution in [-0.2, 0) is 23.1 Å². The quantitative estimate of drug-likeness (QED) is 0.421. The number of para-hydroxylation sites is 1. The van der Waals surface area contributed by atoms with Crippen molar-refractivity contribution in [3.05, 3.63) is 48.0 Å². The van der Waals surface area contributed by atoms with E-state index in [0.29, 0.717) is 24.9 Å². The fourth-order valence-electron chi connectivity index (χ4n) is 6.19. The van der Waals surface area contributed by atoms with Crippen LogP contribution in [0.4, 0.5) is 21.1 Å². The maximum Gasteiger partial charge on any atom is 0.410 e. The second kappa shape index (κ2) is 11.6. The highest BCUT2D eigenvalue weighted by atomic mass is 16.6. The van der Waals surface area contributed by atoms with E-state index in [-0.39, 0.29) is 37.5 Å². The third-order valence-corrected chi connectivity index (χ3v) is 8.58. The van der Waals surface area contributed by atoms with Crippen molar-refractivity contribution in [1.29, 1.82) is 0 Å². The molecule has 4 heterocycles.